The Balaban J connectivity index is 3.02. The quantitative estimate of drug-likeness (QED) is 0.625. The van der Waals surface area contributed by atoms with Crippen molar-refractivity contribution in [3.8, 4) is 0 Å². The number of rotatable bonds is 4. The number of nitrogens with one attached hydrogen (secondary N) is 1. The molecule has 0 unspecified atom stereocenters. The van der Waals surface area contributed by atoms with Crippen LogP contribution in [0.1, 0.15) is 12.8 Å². The molecule has 0 saturated heterocycles. The Kier molecular flexibility index (Phi) is 3.44. The molecule has 0 saturated carbocycles. The first-order chi connectivity index (χ1) is 7.43. The number of carbonyl (C=O) groups is 1. The minimum Gasteiger partial charge on any atom is -0.481 e. The van der Waals surface area contributed by atoms with E-state index in [0.29, 0.717) is 0 Å². The summed E-state index contributed by atoms with van der Waals surface area (Å²) in [5.74, 6) is -1.01. The second kappa shape index (κ2) is 4.60. The van der Waals surface area contributed by atoms with E-state index in [1.54, 1.807) is 0 Å². The fraction of sp³-hybridized carbons (Fsp3) is 0.500. The van der Waals surface area contributed by atoms with Crippen molar-refractivity contribution in [3.05, 3.63) is 31.5 Å². The number of aromatic amines is 1. The van der Waals surface area contributed by atoms with E-state index in [4.69, 9.17) is 5.11 Å². The molecule has 0 aliphatic heterocycles. The summed E-state index contributed by atoms with van der Waals surface area (Å²) in [6.07, 6.45) is 0.00520. The Labute approximate surface area is 88.8 Å². The number of hydrogen-bond donors (Lipinski definition) is 2. The van der Waals surface area contributed by atoms with Crippen LogP contribution in [0.4, 0.5) is 0 Å². The monoisotopic (exact) mass is 229 g/mol. The minimum absolute atomic E-state index is 0.0331. The first-order valence-electron chi connectivity index (χ1n) is 4.55. The van der Waals surface area contributed by atoms with Crippen molar-refractivity contribution >= 4 is 5.97 Å². The van der Waals surface area contributed by atoms with Gasteiger partial charge in [-0.05, 0) is 6.42 Å². The number of carboxylic acids is 1. The highest BCUT2D eigenvalue weighted by atomic mass is 16.4. The molecule has 8 nitrogen and oxygen atoms in total. The van der Waals surface area contributed by atoms with Crippen molar-refractivity contribution in [1.82, 2.24) is 14.1 Å². The molecule has 0 radical (unpaired) electrons. The third-order valence-electron chi connectivity index (χ3n) is 2.05. The van der Waals surface area contributed by atoms with E-state index in [0.717, 1.165) is 9.13 Å². The van der Waals surface area contributed by atoms with Crippen LogP contribution < -0.4 is 17.1 Å². The standard InChI is InChI=1S/C8H11N3O5/c1-10-6(14)9-7(15)11(8(10)16)4-2-3-5(12)13/h2-4H2,1H3,(H,12,13)(H,9,14,15). The van der Waals surface area contributed by atoms with Gasteiger partial charge < -0.3 is 5.11 Å². The summed E-state index contributed by atoms with van der Waals surface area (Å²) in [5.41, 5.74) is -2.36. The zero-order chi connectivity index (χ0) is 12.3. The van der Waals surface area contributed by atoms with Crippen molar-refractivity contribution < 1.29 is 9.90 Å². The number of carboxylic acid groups (broad SMARTS) is 1. The van der Waals surface area contributed by atoms with E-state index in [9.17, 15) is 19.2 Å². The Hall–Kier alpha value is -2.12. The maximum Gasteiger partial charge on any atom is 0.336 e. The van der Waals surface area contributed by atoms with E-state index in [-0.39, 0.29) is 19.4 Å². The summed E-state index contributed by atoms with van der Waals surface area (Å²) < 4.78 is 1.55. The second-order valence-corrected chi connectivity index (χ2v) is 3.23. The lowest BCUT2D eigenvalue weighted by atomic mass is 10.3. The van der Waals surface area contributed by atoms with Crippen molar-refractivity contribution in [2.24, 2.45) is 7.05 Å². The maximum atomic E-state index is 11.4. The van der Waals surface area contributed by atoms with Crippen LogP contribution in [0.5, 0.6) is 0 Å². The van der Waals surface area contributed by atoms with Crippen molar-refractivity contribution in [1.29, 1.82) is 0 Å². The van der Waals surface area contributed by atoms with Crippen molar-refractivity contribution in [2.75, 3.05) is 0 Å². The zero-order valence-corrected chi connectivity index (χ0v) is 8.60. The molecule has 0 spiro atoms. The fourth-order valence-corrected chi connectivity index (χ4v) is 1.18. The molecule has 2 N–H and O–H groups in total. The molecule has 0 aromatic carbocycles. The largest absolute Gasteiger partial charge is 0.481 e. The molecule has 0 fully saturated rings. The van der Waals surface area contributed by atoms with Gasteiger partial charge in [0.25, 0.3) is 0 Å². The highest BCUT2D eigenvalue weighted by Crippen LogP contribution is 1.89. The summed E-state index contributed by atoms with van der Waals surface area (Å²) in [5, 5.41) is 8.40. The van der Waals surface area contributed by atoms with E-state index in [2.05, 4.69) is 0 Å². The molecule has 1 heterocycles. The summed E-state index contributed by atoms with van der Waals surface area (Å²) in [4.78, 5) is 45.9. The average Bonchev–Trinajstić information content (AvgIpc) is 2.19. The highest BCUT2D eigenvalue weighted by Gasteiger charge is 2.06. The number of H-pyrrole nitrogens is 1. The van der Waals surface area contributed by atoms with E-state index in [1.165, 1.54) is 7.05 Å². The van der Waals surface area contributed by atoms with Crippen LogP contribution in [-0.2, 0) is 18.4 Å². The third-order valence-corrected chi connectivity index (χ3v) is 2.05. The Bertz CT molecular complexity index is 564. The van der Waals surface area contributed by atoms with Gasteiger partial charge in [0.05, 0.1) is 0 Å². The van der Waals surface area contributed by atoms with E-state index in [1.807, 2.05) is 4.98 Å². The average molecular weight is 229 g/mol. The molecule has 1 aromatic rings. The van der Waals surface area contributed by atoms with Crippen LogP contribution >= 0.6 is 0 Å². The molecule has 0 bridgehead atoms. The van der Waals surface area contributed by atoms with Gasteiger partial charge in [-0.1, -0.05) is 0 Å². The smallest absolute Gasteiger partial charge is 0.336 e. The van der Waals surface area contributed by atoms with Gasteiger partial charge in [-0.15, -0.1) is 0 Å². The van der Waals surface area contributed by atoms with Crippen LogP contribution in [0.2, 0.25) is 0 Å². The number of nitrogens with zero attached hydrogens (tertiary/aromatic N) is 2. The van der Waals surface area contributed by atoms with Crippen LogP contribution in [-0.4, -0.2) is 25.2 Å². The van der Waals surface area contributed by atoms with Crippen LogP contribution in [0, 0.1) is 0 Å². The van der Waals surface area contributed by atoms with Gasteiger partial charge in [-0.3, -0.25) is 9.78 Å². The highest BCUT2D eigenvalue weighted by molar-refractivity contribution is 5.66. The van der Waals surface area contributed by atoms with Crippen LogP contribution in [0.3, 0.4) is 0 Å². The zero-order valence-electron chi connectivity index (χ0n) is 8.60. The predicted octanol–water partition coefficient (Wildman–Crippen LogP) is -1.90. The molecular formula is C8H11N3O5. The Morgan fingerprint density at radius 2 is 1.94 bits per heavy atom. The first kappa shape index (κ1) is 12.0. The Morgan fingerprint density at radius 1 is 1.31 bits per heavy atom. The summed E-state index contributed by atoms with van der Waals surface area (Å²) in [7, 11) is 1.23. The van der Waals surface area contributed by atoms with Gasteiger partial charge in [0, 0.05) is 20.0 Å². The van der Waals surface area contributed by atoms with Gasteiger partial charge in [-0.25, -0.2) is 23.5 Å². The van der Waals surface area contributed by atoms with Crippen LogP contribution in [0.25, 0.3) is 0 Å². The summed E-state index contributed by atoms with van der Waals surface area (Å²) in [6, 6.07) is 0. The lowest BCUT2D eigenvalue weighted by Crippen LogP contribution is -2.48. The normalized spacial score (nSPS) is 10.3. The second-order valence-electron chi connectivity index (χ2n) is 3.23. The first-order valence-corrected chi connectivity index (χ1v) is 4.55. The van der Waals surface area contributed by atoms with E-state index >= 15 is 0 Å². The van der Waals surface area contributed by atoms with Gasteiger partial charge in [0.1, 0.15) is 0 Å². The minimum atomic E-state index is -1.01. The lowest BCUT2D eigenvalue weighted by Gasteiger charge is -2.03. The van der Waals surface area contributed by atoms with Gasteiger partial charge in [0.15, 0.2) is 0 Å². The fourth-order valence-electron chi connectivity index (χ4n) is 1.18. The molecular weight excluding hydrogens is 218 g/mol. The van der Waals surface area contributed by atoms with Gasteiger partial charge in [0.2, 0.25) is 0 Å². The van der Waals surface area contributed by atoms with Gasteiger partial charge >= 0.3 is 23.0 Å². The molecule has 1 rings (SSSR count). The van der Waals surface area contributed by atoms with Gasteiger partial charge in [-0.2, -0.15) is 0 Å². The molecule has 8 heteroatoms. The maximum absolute atomic E-state index is 11.4. The number of aromatic nitrogens is 3. The summed E-state index contributed by atoms with van der Waals surface area (Å²) >= 11 is 0. The predicted molar refractivity (Wildman–Crippen MR) is 53.4 cm³/mol. The van der Waals surface area contributed by atoms with Crippen molar-refractivity contribution in [3.63, 3.8) is 0 Å². The molecule has 0 amide bonds. The molecule has 1 aromatic heterocycles. The number of hydrogen-bond acceptors (Lipinski definition) is 4. The molecule has 0 atom stereocenters. The molecule has 0 aliphatic carbocycles. The number of aliphatic carboxylic acids is 1. The lowest BCUT2D eigenvalue weighted by molar-refractivity contribution is -0.137. The topological polar surface area (TPSA) is 114 Å². The molecule has 88 valence electrons. The molecule has 0 aliphatic rings. The summed E-state index contributed by atoms with van der Waals surface area (Å²) in [6.45, 7) is -0.0331. The van der Waals surface area contributed by atoms with E-state index < -0.39 is 23.0 Å². The third kappa shape index (κ3) is 2.47. The van der Waals surface area contributed by atoms with Crippen LogP contribution in [0.15, 0.2) is 14.4 Å². The molecule has 16 heavy (non-hydrogen) atoms. The SMILES string of the molecule is Cn1c(=O)[nH]c(=O)n(CCCC(=O)O)c1=O. The Morgan fingerprint density at radius 3 is 2.50 bits per heavy atom. The van der Waals surface area contributed by atoms with Crippen molar-refractivity contribution in [2.45, 2.75) is 19.4 Å².